The predicted octanol–water partition coefficient (Wildman–Crippen LogP) is 0.380. The van der Waals surface area contributed by atoms with Crippen molar-refractivity contribution in [2.24, 2.45) is 5.92 Å². The van der Waals surface area contributed by atoms with Gasteiger partial charge >= 0.3 is 0 Å². The Hall–Kier alpha value is -0.710. The van der Waals surface area contributed by atoms with E-state index in [0.717, 1.165) is 0 Å². The molecule has 86 valence electrons. The second-order valence-electron chi connectivity index (χ2n) is 4.39. The fourth-order valence-corrected chi connectivity index (χ4v) is 1.52. The van der Waals surface area contributed by atoms with Gasteiger partial charge in [-0.2, -0.15) is 11.8 Å². The van der Waals surface area contributed by atoms with Crippen LogP contribution in [-0.2, 0) is 9.59 Å². The zero-order valence-electron chi connectivity index (χ0n) is 9.42. The van der Waals surface area contributed by atoms with Crippen molar-refractivity contribution in [1.82, 2.24) is 10.6 Å². The van der Waals surface area contributed by atoms with Crippen LogP contribution in [0, 0.1) is 5.92 Å². The summed E-state index contributed by atoms with van der Waals surface area (Å²) in [7, 11) is 0. The fourth-order valence-electron chi connectivity index (χ4n) is 1.31. The Kier molecular flexibility index (Phi) is 4.02. The van der Waals surface area contributed by atoms with E-state index in [1.54, 1.807) is 11.8 Å². The number of hydrogen-bond donors (Lipinski definition) is 2. The highest BCUT2D eigenvalue weighted by atomic mass is 32.2. The van der Waals surface area contributed by atoms with Crippen LogP contribution in [0.5, 0.6) is 0 Å². The van der Waals surface area contributed by atoms with Crippen molar-refractivity contribution >= 4 is 23.6 Å². The first kappa shape index (κ1) is 12.4. The second kappa shape index (κ2) is 4.88. The number of nitrogens with one attached hydrogen (secondary N) is 2. The summed E-state index contributed by atoms with van der Waals surface area (Å²) < 4.78 is 0.0473. The van der Waals surface area contributed by atoms with Crippen LogP contribution in [0.2, 0.25) is 0 Å². The summed E-state index contributed by atoms with van der Waals surface area (Å²) in [5.41, 5.74) is 0. The molecular formula is C10H18N2O2S. The van der Waals surface area contributed by atoms with Crippen molar-refractivity contribution in [3.8, 4) is 0 Å². The van der Waals surface area contributed by atoms with Crippen molar-refractivity contribution < 1.29 is 9.59 Å². The van der Waals surface area contributed by atoms with Gasteiger partial charge in [0, 0.05) is 24.3 Å². The molecule has 2 N–H and O–H groups in total. The summed E-state index contributed by atoms with van der Waals surface area (Å²) in [5, 5.41) is 5.54. The Morgan fingerprint density at radius 3 is 2.80 bits per heavy atom. The molecule has 1 saturated heterocycles. The van der Waals surface area contributed by atoms with Gasteiger partial charge in [0.1, 0.15) is 0 Å². The van der Waals surface area contributed by atoms with Gasteiger partial charge in [-0.15, -0.1) is 0 Å². The second-order valence-corrected chi connectivity index (χ2v) is 5.90. The number of carbonyl (C=O) groups excluding carboxylic acids is 2. The van der Waals surface area contributed by atoms with Gasteiger partial charge in [-0.1, -0.05) is 0 Å². The third kappa shape index (κ3) is 3.74. The van der Waals surface area contributed by atoms with Crippen molar-refractivity contribution in [3.63, 3.8) is 0 Å². The summed E-state index contributed by atoms with van der Waals surface area (Å²) in [6.07, 6.45) is 2.35. The van der Waals surface area contributed by atoms with E-state index in [1.165, 1.54) is 0 Å². The molecule has 0 radical (unpaired) electrons. The third-order valence-corrected chi connectivity index (χ3v) is 3.84. The highest BCUT2D eigenvalue weighted by molar-refractivity contribution is 7.99. The zero-order valence-corrected chi connectivity index (χ0v) is 10.2. The van der Waals surface area contributed by atoms with Crippen molar-refractivity contribution in [2.45, 2.75) is 25.0 Å². The fraction of sp³-hybridized carbons (Fsp3) is 0.800. The summed E-state index contributed by atoms with van der Waals surface area (Å²) in [6.45, 7) is 5.27. The Balaban J connectivity index is 2.33. The molecule has 0 saturated carbocycles. The molecule has 2 amide bonds. The Morgan fingerprint density at radius 1 is 1.67 bits per heavy atom. The van der Waals surface area contributed by atoms with Crippen LogP contribution in [0.15, 0.2) is 0 Å². The average Bonchev–Trinajstić information content (AvgIpc) is 2.61. The van der Waals surface area contributed by atoms with Gasteiger partial charge in [-0.25, -0.2) is 0 Å². The SMILES string of the molecule is CSC(C)(C)CNC(=O)C1CNC(=O)C1. The lowest BCUT2D eigenvalue weighted by Crippen LogP contribution is -2.39. The van der Waals surface area contributed by atoms with Gasteiger partial charge in [0.05, 0.1) is 5.92 Å². The lowest BCUT2D eigenvalue weighted by molar-refractivity contribution is -0.126. The highest BCUT2D eigenvalue weighted by Crippen LogP contribution is 2.20. The van der Waals surface area contributed by atoms with Crippen molar-refractivity contribution in [2.75, 3.05) is 19.3 Å². The van der Waals surface area contributed by atoms with E-state index in [0.29, 0.717) is 19.5 Å². The highest BCUT2D eigenvalue weighted by Gasteiger charge is 2.28. The van der Waals surface area contributed by atoms with Crippen LogP contribution in [-0.4, -0.2) is 35.9 Å². The van der Waals surface area contributed by atoms with E-state index in [2.05, 4.69) is 24.5 Å². The molecule has 5 heteroatoms. The normalized spacial score (nSPS) is 21.3. The molecule has 0 spiro atoms. The number of amides is 2. The monoisotopic (exact) mass is 230 g/mol. The summed E-state index contributed by atoms with van der Waals surface area (Å²) in [6, 6.07) is 0. The molecule has 1 rings (SSSR count). The Labute approximate surface area is 94.6 Å². The first-order chi connectivity index (χ1) is 6.94. The van der Waals surface area contributed by atoms with Gasteiger partial charge < -0.3 is 10.6 Å². The number of hydrogen-bond acceptors (Lipinski definition) is 3. The van der Waals surface area contributed by atoms with Gasteiger partial charge in [-0.3, -0.25) is 9.59 Å². The molecule has 15 heavy (non-hydrogen) atoms. The molecule has 1 fully saturated rings. The molecular weight excluding hydrogens is 212 g/mol. The zero-order chi connectivity index (χ0) is 11.5. The lowest BCUT2D eigenvalue weighted by atomic mass is 10.1. The molecule has 1 atom stereocenters. The lowest BCUT2D eigenvalue weighted by Gasteiger charge is -2.23. The van der Waals surface area contributed by atoms with Gasteiger partial charge in [-0.05, 0) is 20.1 Å². The molecule has 1 aliphatic rings. The molecule has 1 aliphatic heterocycles. The molecule has 0 aliphatic carbocycles. The number of thioether (sulfide) groups is 1. The molecule has 1 unspecified atom stereocenters. The standard InChI is InChI=1S/C10H18N2O2S/c1-10(2,15-3)6-12-9(14)7-4-8(13)11-5-7/h7H,4-6H2,1-3H3,(H,11,13)(H,12,14). The maximum absolute atomic E-state index is 11.6. The first-order valence-electron chi connectivity index (χ1n) is 5.04. The van der Waals surface area contributed by atoms with Crippen molar-refractivity contribution in [3.05, 3.63) is 0 Å². The smallest absolute Gasteiger partial charge is 0.225 e. The molecule has 0 bridgehead atoms. The summed E-state index contributed by atoms with van der Waals surface area (Å²) in [4.78, 5) is 22.6. The predicted molar refractivity (Wildman–Crippen MR) is 61.7 cm³/mol. The van der Waals surface area contributed by atoms with E-state index < -0.39 is 0 Å². The molecule has 4 nitrogen and oxygen atoms in total. The van der Waals surface area contributed by atoms with Crippen LogP contribution in [0.3, 0.4) is 0 Å². The van der Waals surface area contributed by atoms with E-state index in [4.69, 9.17) is 0 Å². The Bertz CT molecular complexity index is 266. The number of rotatable bonds is 4. The van der Waals surface area contributed by atoms with Gasteiger partial charge in [0.2, 0.25) is 11.8 Å². The van der Waals surface area contributed by atoms with Crippen LogP contribution in [0.25, 0.3) is 0 Å². The third-order valence-electron chi connectivity index (χ3n) is 2.59. The summed E-state index contributed by atoms with van der Waals surface area (Å²) in [5.74, 6) is -0.232. The van der Waals surface area contributed by atoms with E-state index in [-0.39, 0.29) is 22.5 Å². The maximum Gasteiger partial charge on any atom is 0.225 e. The first-order valence-corrected chi connectivity index (χ1v) is 6.26. The number of carbonyl (C=O) groups is 2. The van der Waals surface area contributed by atoms with Crippen molar-refractivity contribution in [1.29, 1.82) is 0 Å². The molecule has 0 aromatic heterocycles. The minimum atomic E-state index is -0.185. The van der Waals surface area contributed by atoms with E-state index in [9.17, 15) is 9.59 Å². The van der Waals surface area contributed by atoms with Crippen LogP contribution < -0.4 is 10.6 Å². The van der Waals surface area contributed by atoms with Crippen LogP contribution in [0.1, 0.15) is 20.3 Å². The largest absolute Gasteiger partial charge is 0.355 e. The van der Waals surface area contributed by atoms with Gasteiger partial charge in [0.25, 0.3) is 0 Å². The maximum atomic E-state index is 11.6. The minimum absolute atomic E-state index is 0.0181. The topological polar surface area (TPSA) is 58.2 Å². The molecule has 0 aromatic rings. The van der Waals surface area contributed by atoms with Gasteiger partial charge in [0.15, 0.2) is 0 Å². The molecule has 1 heterocycles. The molecule has 0 aromatic carbocycles. The average molecular weight is 230 g/mol. The van der Waals surface area contributed by atoms with Crippen LogP contribution in [0.4, 0.5) is 0 Å². The minimum Gasteiger partial charge on any atom is -0.355 e. The summed E-state index contributed by atoms with van der Waals surface area (Å²) >= 11 is 1.71. The van der Waals surface area contributed by atoms with E-state index >= 15 is 0 Å². The quantitative estimate of drug-likeness (QED) is 0.734. The van der Waals surface area contributed by atoms with E-state index in [1.807, 2.05) is 6.26 Å². The van der Waals surface area contributed by atoms with Crippen LogP contribution >= 0.6 is 11.8 Å². The Morgan fingerprint density at radius 2 is 2.33 bits per heavy atom.